The van der Waals surface area contributed by atoms with Gasteiger partial charge in [-0.1, -0.05) is 6.07 Å². The van der Waals surface area contributed by atoms with E-state index < -0.39 is 36.1 Å². The summed E-state index contributed by atoms with van der Waals surface area (Å²) in [6.07, 6.45) is 3.21. The molecule has 1 atom stereocenters. The van der Waals surface area contributed by atoms with E-state index in [1.165, 1.54) is 10.7 Å². The number of hydrogen-bond acceptors (Lipinski definition) is 5. The average Bonchev–Trinajstić information content (AvgIpc) is 3.08. The zero-order valence-electron chi connectivity index (χ0n) is 16.0. The van der Waals surface area contributed by atoms with E-state index in [1.807, 2.05) is 0 Å². The lowest BCUT2D eigenvalue weighted by Crippen LogP contribution is -2.44. The summed E-state index contributed by atoms with van der Waals surface area (Å²) < 4.78 is 28.1. The quantitative estimate of drug-likeness (QED) is 0.519. The Hall–Kier alpha value is -3.66. The molecule has 156 valence electrons. The molecule has 0 aliphatic rings. The Labute approximate surface area is 170 Å². The predicted molar refractivity (Wildman–Crippen MR) is 105 cm³/mol. The van der Waals surface area contributed by atoms with Crippen LogP contribution in [0.5, 0.6) is 0 Å². The van der Waals surface area contributed by atoms with Gasteiger partial charge in [0.15, 0.2) is 11.6 Å². The number of aryl methyl sites for hydroxylation is 1. The number of halogens is 2. The van der Waals surface area contributed by atoms with Gasteiger partial charge in [-0.25, -0.2) is 8.78 Å². The van der Waals surface area contributed by atoms with Crippen LogP contribution in [0.4, 0.5) is 14.6 Å². The monoisotopic (exact) mass is 415 g/mol. The Bertz CT molecular complexity index is 1060. The first-order valence-corrected chi connectivity index (χ1v) is 8.98. The van der Waals surface area contributed by atoms with Crippen molar-refractivity contribution in [3.8, 4) is 11.3 Å². The highest BCUT2D eigenvalue weighted by atomic mass is 19.2. The molecule has 0 saturated heterocycles. The van der Waals surface area contributed by atoms with Gasteiger partial charge in [-0.2, -0.15) is 5.10 Å². The molecule has 0 aliphatic heterocycles. The van der Waals surface area contributed by atoms with Crippen LogP contribution in [-0.4, -0.2) is 44.3 Å². The Morgan fingerprint density at radius 2 is 1.87 bits per heavy atom. The SMILES string of the molecule is Cn1nc(-c2ccncc2)cc1NC(=O)[C@H](Cc1ccc(F)c(F)c1)NCC(=O)O. The van der Waals surface area contributed by atoms with Gasteiger partial charge in [0.25, 0.3) is 0 Å². The first kappa shape index (κ1) is 21.1. The maximum Gasteiger partial charge on any atom is 0.317 e. The third-order valence-electron chi connectivity index (χ3n) is 4.35. The molecule has 3 rings (SSSR count). The number of carbonyl (C=O) groups excluding carboxylic acids is 1. The molecular weight excluding hydrogens is 396 g/mol. The number of rotatable bonds is 8. The summed E-state index contributed by atoms with van der Waals surface area (Å²) in [4.78, 5) is 27.7. The fourth-order valence-corrected chi connectivity index (χ4v) is 2.83. The number of carbonyl (C=O) groups is 2. The van der Waals surface area contributed by atoms with Crippen molar-refractivity contribution in [3.05, 3.63) is 66.0 Å². The topological polar surface area (TPSA) is 109 Å². The van der Waals surface area contributed by atoms with Crippen molar-refractivity contribution in [3.63, 3.8) is 0 Å². The number of aromatic nitrogens is 3. The Morgan fingerprint density at radius 3 is 2.53 bits per heavy atom. The van der Waals surface area contributed by atoms with Crippen molar-refractivity contribution in [1.82, 2.24) is 20.1 Å². The second-order valence-corrected chi connectivity index (χ2v) is 6.54. The molecule has 2 heterocycles. The summed E-state index contributed by atoms with van der Waals surface area (Å²) in [5.74, 6) is -3.35. The van der Waals surface area contributed by atoms with Crippen molar-refractivity contribution < 1.29 is 23.5 Å². The number of benzene rings is 1. The van der Waals surface area contributed by atoms with Gasteiger partial charge in [-0.15, -0.1) is 0 Å². The summed E-state index contributed by atoms with van der Waals surface area (Å²) >= 11 is 0. The Kier molecular flexibility index (Phi) is 6.48. The predicted octanol–water partition coefficient (Wildman–Crippen LogP) is 1.98. The standard InChI is InChI=1S/C20H19F2N5O3/c1-27-18(10-16(26-27)13-4-6-23-7-5-13)25-20(30)17(24-11-19(28)29)9-12-2-3-14(21)15(22)8-12/h2-8,10,17,24H,9,11H2,1H3,(H,25,30)(H,28,29)/t17-/m0/s1. The summed E-state index contributed by atoms with van der Waals surface area (Å²) in [5, 5.41) is 18.6. The number of anilines is 1. The van der Waals surface area contributed by atoms with E-state index in [0.717, 1.165) is 17.7 Å². The number of carboxylic acids is 1. The zero-order chi connectivity index (χ0) is 21.7. The molecule has 0 radical (unpaired) electrons. The molecule has 2 aromatic heterocycles. The minimum Gasteiger partial charge on any atom is -0.480 e. The summed E-state index contributed by atoms with van der Waals surface area (Å²) in [6, 6.07) is 7.49. The van der Waals surface area contributed by atoms with Gasteiger partial charge in [-0.3, -0.25) is 24.6 Å². The third-order valence-corrected chi connectivity index (χ3v) is 4.35. The highest BCUT2D eigenvalue weighted by Crippen LogP contribution is 2.21. The fraction of sp³-hybridized carbons (Fsp3) is 0.200. The van der Waals surface area contributed by atoms with E-state index in [4.69, 9.17) is 5.11 Å². The van der Waals surface area contributed by atoms with Crippen LogP contribution in [0.1, 0.15) is 5.56 Å². The smallest absolute Gasteiger partial charge is 0.317 e. The van der Waals surface area contributed by atoms with Crippen LogP contribution in [0.15, 0.2) is 48.8 Å². The lowest BCUT2D eigenvalue weighted by molar-refractivity contribution is -0.136. The summed E-state index contributed by atoms with van der Waals surface area (Å²) in [5.41, 5.74) is 1.77. The van der Waals surface area contributed by atoms with Crippen LogP contribution in [-0.2, 0) is 23.1 Å². The number of nitrogens with one attached hydrogen (secondary N) is 2. The van der Waals surface area contributed by atoms with E-state index in [0.29, 0.717) is 17.1 Å². The largest absolute Gasteiger partial charge is 0.480 e. The van der Waals surface area contributed by atoms with Gasteiger partial charge >= 0.3 is 5.97 Å². The molecule has 0 bridgehead atoms. The van der Waals surface area contributed by atoms with E-state index in [9.17, 15) is 18.4 Å². The highest BCUT2D eigenvalue weighted by molar-refractivity contribution is 5.95. The maximum atomic E-state index is 13.5. The maximum absolute atomic E-state index is 13.5. The van der Waals surface area contributed by atoms with Crippen LogP contribution in [0.25, 0.3) is 11.3 Å². The third kappa shape index (κ3) is 5.23. The molecule has 1 aromatic carbocycles. The lowest BCUT2D eigenvalue weighted by atomic mass is 10.0. The average molecular weight is 415 g/mol. The molecule has 0 unspecified atom stereocenters. The van der Waals surface area contributed by atoms with Crippen molar-refractivity contribution >= 4 is 17.7 Å². The molecule has 8 nitrogen and oxygen atoms in total. The molecular formula is C20H19F2N5O3. The van der Waals surface area contributed by atoms with Gasteiger partial charge in [0, 0.05) is 31.1 Å². The number of amides is 1. The Morgan fingerprint density at radius 1 is 1.13 bits per heavy atom. The van der Waals surface area contributed by atoms with Gasteiger partial charge in [0.1, 0.15) is 5.82 Å². The van der Waals surface area contributed by atoms with E-state index in [1.54, 1.807) is 37.6 Å². The summed E-state index contributed by atoms with van der Waals surface area (Å²) in [7, 11) is 1.65. The molecule has 10 heteroatoms. The van der Waals surface area contributed by atoms with E-state index in [-0.39, 0.29) is 6.42 Å². The fourth-order valence-electron chi connectivity index (χ4n) is 2.83. The second kappa shape index (κ2) is 9.23. The second-order valence-electron chi connectivity index (χ2n) is 6.54. The van der Waals surface area contributed by atoms with Crippen LogP contribution in [0.3, 0.4) is 0 Å². The Balaban J connectivity index is 1.78. The molecule has 30 heavy (non-hydrogen) atoms. The molecule has 0 spiro atoms. The first-order chi connectivity index (χ1) is 14.3. The van der Waals surface area contributed by atoms with Gasteiger partial charge in [0.05, 0.1) is 18.3 Å². The molecule has 1 amide bonds. The molecule has 0 saturated carbocycles. The van der Waals surface area contributed by atoms with E-state index >= 15 is 0 Å². The minimum atomic E-state index is -1.15. The van der Waals surface area contributed by atoms with Crippen molar-refractivity contribution in [2.45, 2.75) is 12.5 Å². The van der Waals surface area contributed by atoms with Crippen molar-refractivity contribution in [1.29, 1.82) is 0 Å². The van der Waals surface area contributed by atoms with Crippen molar-refractivity contribution in [2.24, 2.45) is 7.05 Å². The van der Waals surface area contributed by atoms with Crippen LogP contribution < -0.4 is 10.6 Å². The van der Waals surface area contributed by atoms with Crippen LogP contribution >= 0.6 is 0 Å². The van der Waals surface area contributed by atoms with Crippen LogP contribution in [0, 0.1) is 11.6 Å². The number of nitrogens with zero attached hydrogens (tertiary/aromatic N) is 3. The number of carboxylic acid groups (broad SMARTS) is 1. The molecule has 0 aliphatic carbocycles. The van der Waals surface area contributed by atoms with Crippen molar-refractivity contribution in [2.75, 3.05) is 11.9 Å². The zero-order valence-corrected chi connectivity index (χ0v) is 16.0. The van der Waals surface area contributed by atoms with Crippen LogP contribution in [0.2, 0.25) is 0 Å². The summed E-state index contributed by atoms with van der Waals surface area (Å²) in [6.45, 7) is -0.477. The highest BCUT2D eigenvalue weighted by Gasteiger charge is 2.22. The molecule has 3 aromatic rings. The number of pyridine rings is 1. The van der Waals surface area contributed by atoms with E-state index in [2.05, 4.69) is 20.7 Å². The number of hydrogen-bond donors (Lipinski definition) is 3. The molecule has 3 N–H and O–H groups in total. The minimum absolute atomic E-state index is 0.0363. The number of aliphatic carboxylic acids is 1. The van der Waals surface area contributed by atoms with Gasteiger partial charge in [-0.05, 0) is 36.2 Å². The molecule has 0 fully saturated rings. The normalized spacial score (nSPS) is 11.8. The van der Waals surface area contributed by atoms with Gasteiger partial charge < -0.3 is 10.4 Å². The first-order valence-electron chi connectivity index (χ1n) is 8.98. The lowest BCUT2D eigenvalue weighted by Gasteiger charge is -2.17. The van der Waals surface area contributed by atoms with Gasteiger partial charge in [0.2, 0.25) is 5.91 Å².